The van der Waals surface area contributed by atoms with Crippen LogP contribution in [0.1, 0.15) is 113 Å². The molecule has 2 N–H and O–H groups in total. The minimum atomic E-state index is -0.133. The second-order valence-electron chi connectivity index (χ2n) is 15.1. The zero-order valence-corrected chi connectivity index (χ0v) is 22.2. The highest BCUT2D eigenvalue weighted by Gasteiger charge is 2.70. The fourth-order valence-corrected chi connectivity index (χ4v) is 11.8. The molecule has 0 aromatic rings. The summed E-state index contributed by atoms with van der Waals surface area (Å²) in [5, 5.41) is 21.0. The van der Waals surface area contributed by atoms with Gasteiger partial charge < -0.3 is 10.2 Å². The van der Waals surface area contributed by atoms with Crippen LogP contribution in [0.15, 0.2) is 0 Å². The van der Waals surface area contributed by atoms with E-state index in [1.54, 1.807) is 0 Å². The summed E-state index contributed by atoms with van der Waals surface area (Å²) < 4.78 is 0. The van der Waals surface area contributed by atoms with Crippen LogP contribution in [-0.2, 0) is 0 Å². The maximum atomic E-state index is 10.9. The molecule has 184 valence electrons. The van der Waals surface area contributed by atoms with Crippen molar-refractivity contribution in [3.05, 3.63) is 0 Å². The number of rotatable bonds is 2. The van der Waals surface area contributed by atoms with Crippen LogP contribution in [0.25, 0.3) is 0 Å². The molecule has 0 unspecified atom stereocenters. The topological polar surface area (TPSA) is 40.5 Å². The second-order valence-corrected chi connectivity index (χ2v) is 15.1. The van der Waals surface area contributed by atoms with Gasteiger partial charge >= 0.3 is 0 Å². The Morgan fingerprint density at radius 2 is 1.47 bits per heavy atom. The van der Waals surface area contributed by atoms with Gasteiger partial charge in [-0.25, -0.2) is 0 Å². The smallest absolute Gasteiger partial charge is 0.0594 e. The van der Waals surface area contributed by atoms with E-state index in [0.717, 1.165) is 24.2 Å². The highest BCUT2D eigenvalue weighted by molar-refractivity contribution is 5.19. The average molecular weight is 445 g/mol. The number of aliphatic hydroxyl groups excluding tert-OH is 2. The maximum absolute atomic E-state index is 10.9. The van der Waals surface area contributed by atoms with Crippen molar-refractivity contribution in [1.82, 2.24) is 0 Å². The van der Waals surface area contributed by atoms with Gasteiger partial charge in [-0.05, 0) is 127 Å². The SMILES string of the molecule is C[C@H](CO)[C@@H]1CC[C@]2(C)CC[C@]3(C)[C@H](CC[C@@H]4[C@@]5(C)CC[C@H](O)C(C)(C)[C@@H]5CC[C@]43C)[C@@H]12. The van der Waals surface area contributed by atoms with Crippen molar-refractivity contribution in [1.29, 1.82) is 0 Å². The van der Waals surface area contributed by atoms with Crippen LogP contribution in [0.3, 0.4) is 0 Å². The predicted molar refractivity (Wildman–Crippen MR) is 132 cm³/mol. The lowest BCUT2D eigenvalue weighted by atomic mass is 9.32. The van der Waals surface area contributed by atoms with Gasteiger partial charge in [0.25, 0.3) is 0 Å². The molecule has 5 saturated carbocycles. The van der Waals surface area contributed by atoms with E-state index in [1.807, 2.05) is 0 Å². The summed E-state index contributed by atoms with van der Waals surface area (Å²) in [5.41, 5.74) is 1.75. The first-order valence-corrected chi connectivity index (χ1v) is 14.1. The van der Waals surface area contributed by atoms with Crippen molar-refractivity contribution < 1.29 is 10.2 Å². The van der Waals surface area contributed by atoms with E-state index in [-0.39, 0.29) is 11.5 Å². The minimum Gasteiger partial charge on any atom is -0.396 e. The molecule has 0 saturated heterocycles. The summed E-state index contributed by atoms with van der Waals surface area (Å²) in [6, 6.07) is 0. The van der Waals surface area contributed by atoms with Crippen molar-refractivity contribution >= 4 is 0 Å². The largest absolute Gasteiger partial charge is 0.396 e. The Bertz CT molecular complexity index is 745. The van der Waals surface area contributed by atoms with Crippen LogP contribution in [0.4, 0.5) is 0 Å². The summed E-state index contributed by atoms with van der Waals surface area (Å²) in [5.74, 6) is 4.23. The van der Waals surface area contributed by atoms with Crippen LogP contribution in [0.2, 0.25) is 0 Å². The van der Waals surface area contributed by atoms with Crippen LogP contribution >= 0.6 is 0 Å². The van der Waals surface area contributed by atoms with Crippen LogP contribution in [0, 0.1) is 62.6 Å². The summed E-state index contributed by atoms with van der Waals surface area (Å²) in [7, 11) is 0. The van der Waals surface area contributed by atoms with Crippen molar-refractivity contribution in [3.63, 3.8) is 0 Å². The third-order valence-electron chi connectivity index (χ3n) is 13.9. The Labute approximate surface area is 198 Å². The number of aliphatic hydroxyl groups is 2. The van der Waals surface area contributed by atoms with Crippen LogP contribution < -0.4 is 0 Å². The van der Waals surface area contributed by atoms with Crippen molar-refractivity contribution in [2.45, 2.75) is 119 Å². The van der Waals surface area contributed by atoms with E-state index in [9.17, 15) is 10.2 Å². The maximum Gasteiger partial charge on any atom is 0.0594 e. The van der Waals surface area contributed by atoms with E-state index < -0.39 is 0 Å². The first kappa shape index (κ1) is 23.7. The monoisotopic (exact) mass is 444 g/mol. The van der Waals surface area contributed by atoms with Crippen LogP contribution in [0.5, 0.6) is 0 Å². The zero-order chi connectivity index (χ0) is 23.3. The third-order valence-corrected chi connectivity index (χ3v) is 13.9. The van der Waals surface area contributed by atoms with Gasteiger partial charge in [-0.1, -0.05) is 48.5 Å². The van der Waals surface area contributed by atoms with Gasteiger partial charge in [0, 0.05) is 6.61 Å². The van der Waals surface area contributed by atoms with Crippen molar-refractivity contribution in [3.8, 4) is 0 Å². The third kappa shape index (κ3) is 2.78. The Balaban J connectivity index is 1.53. The van der Waals surface area contributed by atoms with E-state index >= 15 is 0 Å². The Morgan fingerprint density at radius 3 is 2.16 bits per heavy atom. The Hall–Kier alpha value is -0.0800. The van der Waals surface area contributed by atoms with Gasteiger partial charge in [0.1, 0.15) is 0 Å². The molecule has 0 amide bonds. The molecule has 0 aromatic carbocycles. The lowest BCUT2D eigenvalue weighted by Crippen LogP contribution is -2.66. The molecule has 5 rings (SSSR count). The molecule has 0 aliphatic heterocycles. The molecule has 0 heterocycles. The molecule has 0 radical (unpaired) electrons. The molecule has 5 aliphatic rings. The molecule has 0 spiro atoms. The van der Waals surface area contributed by atoms with Crippen LogP contribution in [-0.4, -0.2) is 22.9 Å². The summed E-state index contributed by atoms with van der Waals surface area (Å²) in [6.07, 6.45) is 13.0. The molecule has 0 bridgehead atoms. The highest BCUT2D eigenvalue weighted by Crippen LogP contribution is 2.77. The first-order valence-electron chi connectivity index (χ1n) is 14.1. The summed E-state index contributed by atoms with van der Waals surface area (Å²) in [6.45, 7) is 18.1. The quantitative estimate of drug-likeness (QED) is 0.478. The summed E-state index contributed by atoms with van der Waals surface area (Å²) >= 11 is 0. The lowest BCUT2D eigenvalue weighted by molar-refractivity contribution is -0.248. The first-order chi connectivity index (χ1) is 14.8. The highest BCUT2D eigenvalue weighted by atomic mass is 16.3. The second kappa shape index (κ2) is 7.22. The Kier molecular flexibility index (Phi) is 5.34. The van der Waals surface area contributed by atoms with Crippen molar-refractivity contribution in [2.24, 2.45) is 62.6 Å². The molecule has 2 heteroatoms. The molecule has 11 atom stereocenters. The standard InChI is InChI=1S/C30H52O2/c1-19(18-31)20-10-13-27(4)16-17-29(6)21(25(20)27)8-9-23-28(5)14-12-24(32)26(2,3)22(28)11-15-30(23,29)7/h19-25,31-32H,8-18H2,1-7H3/t19-,20+,21-,22+,23-,24+,25-,27-,28+,29-,30-/m1/s1. The van der Waals surface area contributed by atoms with E-state index in [2.05, 4.69) is 48.5 Å². The molecule has 0 aromatic heterocycles. The fraction of sp³-hybridized carbons (Fsp3) is 1.00. The number of hydrogen-bond donors (Lipinski definition) is 2. The van der Waals surface area contributed by atoms with Gasteiger partial charge in [-0.2, -0.15) is 0 Å². The molecule has 5 aliphatic carbocycles. The Morgan fingerprint density at radius 1 is 0.750 bits per heavy atom. The molecular weight excluding hydrogens is 392 g/mol. The fourth-order valence-electron chi connectivity index (χ4n) is 11.8. The summed E-state index contributed by atoms with van der Waals surface area (Å²) in [4.78, 5) is 0. The predicted octanol–water partition coefficient (Wildman–Crippen LogP) is 7.08. The van der Waals surface area contributed by atoms with Crippen molar-refractivity contribution in [2.75, 3.05) is 6.61 Å². The van der Waals surface area contributed by atoms with E-state index in [0.29, 0.717) is 46.0 Å². The van der Waals surface area contributed by atoms with E-state index in [4.69, 9.17) is 0 Å². The normalized spacial score (nSPS) is 57.7. The van der Waals surface area contributed by atoms with E-state index in [1.165, 1.54) is 57.8 Å². The minimum absolute atomic E-state index is 0.0460. The van der Waals surface area contributed by atoms with Gasteiger partial charge in [0.15, 0.2) is 0 Å². The zero-order valence-electron chi connectivity index (χ0n) is 22.2. The van der Waals surface area contributed by atoms with Gasteiger partial charge in [0.2, 0.25) is 0 Å². The molecule has 2 nitrogen and oxygen atoms in total. The van der Waals surface area contributed by atoms with Gasteiger partial charge in [-0.3, -0.25) is 0 Å². The molecule has 32 heavy (non-hydrogen) atoms. The average Bonchev–Trinajstić information content (AvgIpc) is 3.09. The van der Waals surface area contributed by atoms with Gasteiger partial charge in [-0.15, -0.1) is 0 Å². The lowest BCUT2D eigenvalue weighted by Gasteiger charge is -2.73. The number of hydrogen-bond acceptors (Lipinski definition) is 2. The molecular formula is C30H52O2. The van der Waals surface area contributed by atoms with Gasteiger partial charge in [0.05, 0.1) is 6.10 Å². The molecule has 5 fully saturated rings. The number of fused-ring (bicyclic) bond motifs is 7.